The second kappa shape index (κ2) is 15.9. The van der Waals surface area contributed by atoms with E-state index in [1.807, 2.05) is 5.84 Å². The van der Waals surface area contributed by atoms with Crippen LogP contribution in [0.3, 0.4) is 0 Å². The van der Waals surface area contributed by atoms with Gasteiger partial charge < -0.3 is 24.6 Å². The predicted molar refractivity (Wildman–Crippen MR) is 125 cm³/mol. The number of nitrogens with zero attached hydrogens (tertiary/aromatic N) is 3. The van der Waals surface area contributed by atoms with Crippen molar-refractivity contribution in [1.29, 1.82) is 0 Å². The number of aromatic nitrogens is 1. The van der Waals surface area contributed by atoms with Crippen LogP contribution in [0.25, 0.3) is 4.85 Å². The van der Waals surface area contributed by atoms with Gasteiger partial charge in [-0.05, 0) is 52.7 Å². The van der Waals surface area contributed by atoms with Gasteiger partial charge >= 0.3 is 0 Å². The van der Waals surface area contributed by atoms with Crippen molar-refractivity contribution in [3.8, 4) is 0 Å². The second-order valence-electron chi connectivity index (χ2n) is 7.58. The van der Waals surface area contributed by atoms with E-state index >= 15 is 0 Å². The zero-order chi connectivity index (χ0) is 23.8. The van der Waals surface area contributed by atoms with Crippen molar-refractivity contribution >= 4 is 20.3 Å². The van der Waals surface area contributed by atoms with Crippen LogP contribution in [0.5, 0.6) is 0 Å². The zero-order valence-electron chi connectivity index (χ0n) is 20.1. The fourth-order valence-corrected chi connectivity index (χ4v) is 4.56. The van der Waals surface area contributed by atoms with Gasteiger partial charge in [-0.15, -0.1) is 0 Å². The quantitative estimate of drug-likeness (QED) is 0.108. The third-order valence-corrected chi connectivity index (χ3v) is 6.47. The lowest BCUT2D eigenvalue weighted by atomic mass is 10.2. The molecule has 0 aliphatic rings. The molecule has 0 saturated heterocycles. The molecule has 1 heterocycles. The molecule has 1 aromatic rings. The number of hydrogen-bond acceptors (Lipinski definition) is 7. The van der Waals surface area contributed by atoms with Gasteiger partial charge in [-0.25, -0.2) is 22.1 Å². The maximum Gasteiger partial charge on any atom is 0.259 e. The summed E-state index contributed by atoms with van der Waals surface area (Å²) in [5.41, 5.74) is 3.02. The van der Waals surface area contributed by atoms with E-state index in [2.05, 4.69) is 52.9 Å². The first-order valence-corrected chi connectivity index (χ1v) is 11.9. The molecule has 0 aromatic carbocycles. The first-order valence-electron chi connectivity index (χ1n) is 11.2. The van der Waals surface area contributed by atoms with E-state index in [1.54, 1.807) is 12.1 Å². The van der Waals surface area contributed by atoms with Crippen molar-refractivity contribution in [3.05, 3.63) is 35.3 Å². The lowest BCUT2D eigenvalue weighted by Crippen LogP contribution is -2.33. The number of hydrogen-bond donors (Lipinski definition) is 3. The van der Waals surface area contributed by atoms with Crippen molar-refractivity contribution in [2.75, 3.05) is 31.7 Å². The first kappa shape index (κ1) is 25.4. The van der Waals surface area contributed by atoms with Crippen molar-refractivity contribution in [3.63, 3.8) is 0 Å². The molecule has 0 saturated carbocycles. The van der Waals surface area contributed by atoms with Crippen LogP contribution in [-0.4, -0.2) is 53.9 Å². The Kier molecular flexibility index (Phi) is 13.1. The molecule has 1 rings (SSSR count). The SMILES string of the molecule is [2H]NNc1ccc(C(=O)NCCCCCCOP(OCC[N+]#[C-])N(C(C)C)C(C)C)cn1. The van der Waals surface area contributed by atoms with Crippen molar-refractivity contribution < 1.29 is 15.3 Å². The normalized spacial score (nSPS) is 12.6. The molecule has 31 heavy (non-hydrogen) atoms. The summed E-state index contributed by atoms with van der Waals surface area (Å²) in [5, 5.41) is 2.90. The van der Waals surface area contributed by atoms with E-state index in [0.717, 1.165) is 25.7 Å². The van der Waals surface area contributed by atoms with E-state index in [4.69, 9.17) is 17.0 Å². The third kappa shape index (κ3) is 10.9. The summed E-state index contributed by atoms with van der Waals surface area (Å²) in [7, 11) is -1.17. The highest BCUT2D eigenvalue weighted by molar-refractivity contribution is 7.44. The maximum atomic E-state index is 12.1. The van der Waals surface area contributed by atoms with Crippen LogP contribution in [-0.2, 0) is 9.05 Å². The number of rotatable bonds is 17. The zero-order valence-corrected chi connectivity index (χ0v) is 20.0. The number of amides is 1. The van der Waals surface area contributed by atoms with Crippen LogP contribution in [0.4, 0.5) is 5.82 Å². The Morgan fingerprint density at radius 2 is 1.94 bits per heavy atom. The highest BCUT2D eigenvalue weighted by Crippen LogP contribution is 2.45. The van der Waals surface area contributed by atoms with Gasteiger partial charge in [0, 0.05) is 24.8 Å². The predicted octanol–water partition coefficient (Wildman–Crippen LogP) is 3.96. The molecule has 0 bridgehead atoms. The van der Waals surface area contributed by atoms with E-state index < -0.39 is 8.53 Å². The molecule has 0 aliphatic heterocycles. The topological polar surface area (TPSA) is 106 Å². The standard InChI is InChI=1S/C21H37N6O3P/c1-17(2)27(18(3)4)31(30-15-13-23-5)29-14-9-7-6-8-12-24-21(28)19-10-11-20(26-22)25-16-19/h10-11,16-18H,6-9,12-15,22H2,1-4H3,(H,24,28)(H,25,26)/i/hD. The lowest BCUT2D eigenvalue weighted by Gasteiger charge is -2.35. The minimum absolute atomic E-state index is 0.157. The molecule has 1 aromatic heterocycles. The van der Waals surface area contributed by atoms with Crippen LogP contribution in [0.2, 0.25) is 1.41 Å². The summed E-state index contributed by atoms with van der Waals surface area (Å²) in [4.78, 5) is 19.5. The van der Waals surface area contributed by atoms with Crippen LogP contribution < -0.4 is 16.6 Å². The molecule has 9 nitrogen and oxygen atoms in total. The number of carbonyl (C=O) groups is 1. The second-order valence-corrected chi connectivity index (χ2v) is 9.03. The molecular formula is C21H37N6O3P. The summed E-state index contributed by atoms with van der Waals surface area (Å²) >= 11 is 0. The van der Waals surface area contributed by atoms with Crippen LogP contribution in [0, 0.1) is 6.57 Å². The molecule has 0 radical (unpaired) electrons. The Morgan fingerprint density at radius 1 is 1.23 bits per heavy atom. The van der Waals surface area contributed by atoms with Gasteiger partial charge in [0.1, 0.15) is 13.8 Å². The Balaban J connectivity index is 2.25. The Bertz CT molecular complexity index is 679. The Morgan fingerprint density at radius 3 is 2.55 bits per heavy atom. The van der Waals surface area contributed by atoms with Crippen LogP contribution in [0.1, 0.15) is 63.7 Å². The third-order valence-electron chi connectivity index (χ3n) is 4.36. The van der Waals surface area contributed by atoms with Gasteiger partial charge in [0.2, 0.25) is 6.54 Å². The van der Waals surface area contributed by atoms with Gasteiger partial charge in [0.15, 0.2) is 0 Å². The number of unbranched alkanes of at least 4 members (excludes halogenated alkanes) is 3. The highest BCUT2D eigenvalue weighted by atomic mass is 31.2. The highest BCUT2D eigenvalue weighted by Gasteiger charge is 2.27. The van der Waals surface area contributed by atoms with Gasteiger partial charge in [-0.1, -0.05) is 12.8 Å². The number of nitrogen functional groups attached to an aromatic ring is 1. The molecule has 1 amide bonds. The van der Waals surface area contributed by atoms with E-state index in [0.29, 0.717) is 49.8 Å². The fraction of sp³-hybridized carbons (Fsp3) is 0.667. The molecule has 10 heteroatoms. The Hall–Kier alpha value is -1.82. The average Bonchev–Trinajstić information content (AvgIpc) is 2.75. The monoisotopic (exact) mass is 453 g/mol. The first-order chi connectivity index (χ1) is 15.4. The molecular weight excluding hydrogens is 415 g/mol. The van der Waals surface area contributed by atoms with Gasteiger partial charge in [-0.3, -0.25) is 4.79 Å². The largest absolute Gasteiger partial charge is 0.352 e. The molecule has 1 unspecified atom stereocenters. The summed E-state index contributed by atoms with van der Waals surface area (Å²) in [6.45, 7) is 17.4. The van der Waals surface area contributed by atoms with E-state index in [9.17, 15) is 4.79 Å². The lowest BCUT2D eigenvalue weighted by molar-refractivity contribution is 0.0952. The molecule has 0 spiro atoms. The Labute approximate surface area is 189 Å². The van der Waals surface area contributed by atoms with E-state index in [1.165, 1.54) is 6.20 Å². The van der Waals surface area contributed by atoms with Crippen LogP contribution in [0.15, 0.2) is 18.3 Å². The van der Waals surface area contributed by atoms with Gasteiger partial charge in [-0.2, -0.15) is 0 Å². The smallest absolute Gasteiger partial charge is 0.259 e. The summed E-state index contributed by atoms with van der Waals surface area (Å²) in [6, 6.07) is 3.90. The molecule has 0 fully saturated rings. The molecule has 174 valence electrons. The number of pyridine rings is 1. The van der Waals surface area contributed by atoms with Crippen LogP contribution >= 0.6 is 8.53 Å². The summed E-state index contributed by atoms with van der Waals surface area (Å²) in [6.07, 6.45) is 5.29. The average molecular weight is 454 g/mol. The van der Waals surface area contributed by atoms with Crippen molar-refractivity contribution in [2.24, 2.45) is 5.84 Å². The molecule has 1 atom stereocenters. The maximum absolute atomic E-state index is 12.1. The van der Waals surface area contributed by atoms with Gasteiger partial charge in [0.05, 0.1) is 12.2 Å². The number of nitrogens with one attached hydrogen (secondary N) is 2. The van der Waals surface area contributed by atoms with Gasteiger partial charge in [0.25, 0.3) is 14.4 Å². The number of carbonyl (C=O) groups excluding carboxylic acids is 1. The van der Waals surface area contributed by atoms with E-state index in [-0.39, 0.29) is 5.91 Å². The van der Waals surface area contributed by atoms with Crippen molar-refractivity contribution in [1.82, 2.24) is 15.0 Å². The fourth-order valence-electron chi connectivity index (χ4n) is 2.94. The minimum Gasteiger partial charge on any atom is -0.352 e. The number of hydrazine groups is 1. The minimum atomic E-state index is -1.17. The number of nitrogens with two attached hydrogens (primary N) is 1. The molecule has 4 N–H and O–H groups in total. The molecule has 0 aliphatic carbocycles. The summed E-state index contributed by atoms with van der Waals surface area (Å²) < 4.78 is 21.0. The van der Waals surface area contributed by atoms with Crippen molar-refractivity contribution in [2.45, 2.75) is 65.5 Å². The number of anilines is 1. The summed E-state index contributed by atoms with van der Waals surface area (Å²) in [5.74, 6) is 2.36.